The van der Waals surface area contributed by atoms with E-state index < -0.39 is 41.0 Å². The molecule has 48 heavy (non-hydrogen) atoms. The molecule has 3 N–H and O–H groups in total. The van der Waals surface area contributed by atoms with Crippen LogP contribution < -0.4 is 20.1 Å². The van der Waals surface area contributed by atoms with E-state index >= 15 is 0 Å². The second kappa shape index (κ2) is 14.2. The lowest BCUT2D eigenvalue weighted by atomic mass is 9.61. The molecule has 9 heteroatoms. The van der Waals surface area contributed by atoms with Gasteiger partial charge < -0.3 is 25.2 Å². The van der Waals surface area contributed by atoms with Gasteiger partial charge in [-0.1, -0.05) is 71.3 Å². The smallest absolute Gasteiger partial charge is 0.235 e. The van der Waals surface area contributed by atoms with Crippen LogP contribution in [0.5, 0.6) is 11.5 Å². The largest absolute Gasteiger partial charge is 0.493 e. The second-order valence-corrected chi connectivity index (χ2v) is 13.3. The Labute approximate surface area is 286 Å². The normalized spacial score (nSPS) is 20.6. The van der Waals surface area contributed by atoms with E-state index in [2.05, 4.69) is 10.6 Å². The fourth-order valence-corrected chi connectivity index (χ4v) is 6.79. The van der Waals surface area contributed by atoms with Gasteiger partial charge in [-0.05, 0) is 81.6 Å². The molecule has 0 aromatic heterocycles. The first kappa shape index (κ1) is 34.7. The van der Waals surface area contributed by atoms with Crippen LogP contribution in [0.4, 0.5) is 11.4 Å². The lowest BCUT2D eigenvalue weighted by Gasteiger charge is -2.44. The third kappa shape index (κ3) is 7.40. The number of carbonyl (C=O) groups is 3. The number of hydrogen-bond acceptors (Lipinski definition) is 6. The number of Topliss-reactive ketones (excluding diaryl/α,β-unsaturated/α-hetero) is 1. The summed E-state index contributed by atoms with van der Waals surface area (Å²) < 4.78 is 11.8. The Morgan fingerprint density at radius 2 is 1.46 bits per heavy atom. The first-order valence-electron chi connectivity index (χ1n) is 15.8. The SMILES string of the molecule is COc1cc(C2C(C(=O)Nc3ccc(C)cc3C)C(=O)CC(C)(O)C2C(=O)Nc2ccc(C)cc2C)ccc1OCc1ccccc1Cl. The van der Waals surface area contributed by atoms with Crippen molar-refractivity contribution < 1.29 is 29.0 Å². The van der Waals surface area contributed by atoms with Gasteiger partial charge in [-0.3, -0.25) is 14.4 Å². The van der Waals surface area contributed by atoms with Gasteiger partial charge in [0.1, 0.15) is 18.3 Å². The van der Waals surface area contributed by atoms with Crippen molar-refractivity contribution in [1.29, 1.82) is 0 Å². The number of anilines is 2. The van der Waals surface area contributed by atoms with Crippen molar-refractivity contribution in [3.05, 3.63) is 117 Å². The van der Waals surface area contributed by atoms with E-state index in [-0.39, 0.29) is 13.0 Å². The number of benzene rings is 4. The Morgan fingerprint density at radius 1 is 0.854 bits per heavy atom. The summed E-state index contributed by atoms with van der Waals surface area (Å²) in [5.74, 6) is -4.33. The van der Waals surface area contributed by atoms with Crippen LogP contribution in [0.25, 0.3) is 0 Å². The number of amides is 2. The summed E-state index contributed by atoms with van der Waals surface area (Å²) in [6.07, 6.45) is -0.379. The lowest BCUT2D eigenvalue weighted by molar-refractivity contribution is -0.150. The standard InChI is InChI=1S/C39H41ClN2O6/c1-22-11-14-29(24(3)17-22)41-37(44)35-31(43)20-39(5,46)36(38(45)42-30-15-12-23(2)18-25(30)4)34(35)26-13-16-32(33(19-26)47-6)48-21-27-9-7-8-10-28(27)40/h7-19,34-36,46H,20-21H2,1-6H3,(H,41,44)(H,42,45). The number of nitrogens with one attached hydrogen (secondary N) is 2. The van der Waals surface area contributed by atoms with Gasteiger partial charge in [0.15, 0.2) is 11.5 Å². The number of methoxy groups -OCH3 is 1. The molecule has 250 valence electrons. The molecule has 8 nitrogen and oxygen atoms in total. The summed E-state index contributed by atoms with van der Waals surface area (Å²) >= 11 is 6.33. The highest BCUT2D eigenvalue weighted by Gasteiger charge is 2.56. The number of carbonyl (C=O) groups excluding carboxylic acids is 3. The Bertz CT molecular complexity index is 1870. The van der Waals surface area contributed by atoms with E-state index in [4.69, 9.17) is 21.1 Å². The summed E-state index contributed by atoms with van der Waals surface area (Å²) in [4.78, 5) is 42.3. The van der Waals surface area contributed by atoms with Gasteiger partial charge in [0.2, 0.25) is 11.8 Å². The zero-order valence-electron chi connectivity index (χ0n) is 28.0. The molecule has 0 radical (unpaired) electrons. The van der Waals surface area contributed by atoms with E-state index in [1.54, 1.807) is 36.4 Å². The molecule has 5 rings (SSSR count). The van der Waals surface area contributed by atoms with Gasteiger partial charge in [-0.15, -0.1) is 0 Å². The number of aryl methyl sites for hydroxylation is 4. The van der Waals surface area contributed by atoms with E-state index in [1.165, 1.54) is 14.0 Å². The highest BCUT2D eigenvalue weighted by atomic mass is 35.5. The third-order valence-electron chi connectivity index (χ3n) is 9.03. The van der Waals surface area contributed by atoms with Crippen LogP contribution in [0.1, 0.15) is 52.6 Å². The highest BCUT2D eigenvalue weighted by molar-refractivity contribution is 6.31. The molecule has 4 atom stereocenters. The maximum Gasteiger partial charge on any atom is 0.235 e. The van der Waals surface area contributed by atoms with Gasteiger partial charge in [0.05, 0.1) is 18.6 Å². The van der Waals surface area contributed by atoms with Gasteiger partial charge in [-0.2, -0.15) is 0 Å². The lowest BCUT2D eigenvalue weighted by Crippen LogP contribution is -2.56. The van der Waals surface area contributed by atoms with Gasteiger partial charge >= 0.3 is 0 Å². The molecule has 4 aromatic rings. The first-order valence-corrected chi connectivity index (χ1v) is 16.2. The van der Waals surface area contributed by atoms with Crippen LogP contribution in [0.15, 0.2) is 78.9 Å². The molecule has 1 fully saturated rings. The molecule has 0 saturated heterocycles. The summed E-state index contributed by atoms with van der Waals surface area (Å²) in [6, 6.07) is 23.6. The molecule has 0 heterocycles. The van der Waals surface area contributed by atoms with Gasteiger partial charge in [0.25, 0.3) is 0 Å². The van der Waals surface area contributed by atoms with Crippen molar-refractivity contribution in [2.75, 3.05) is 17.7 Å². The minimum atomic E-state index is -1.77. The molecule has 0 bridgehead atoms. The van der Waals surface area contributed by atoms with Crippen molar-refractivity contribution in [1.82, 2.24) is 0 Å². The Hall–Kier alpha value is -4.66. The monoisotopic (exact) mass is 668 g/mol. The highest BCUT2D eigenvalue weighted by Crippen LogP contribution is 2.48. The average molecular weight is 669 g/mol. The molecular formula is C39H41ClN2O6. The van der Waals surface area contributed by atoms with Crippen molar-refractivity contribution in [2.24, 2.45) is 11.8 Å². The Morgan fingerprint density at radius 3 is 2.04 bits per heavy atom. The number of ether oxygens (including phenoxy) is 2. The van der Waals surface area contributed by atoms with Gasteiger partial charge in [0, 0.05) is 34.3 Å². The van der Waals surface area contributed by atoms with Crippen LogP contribution in [-0.4, -0.2) is 35.4 Å². The zero-order chi connectivity index (χ0) is 34.7. The number of hydrogen-bond donors (Lipinski definition) is 3. The zero-order valence-corrected chi connectivity index (χ0v) is 28.8. The fourth-order valence-electron chi connectivity index (χ4n) is 6.60. The predicted molar refractivity (Wildman–Crippen MR) is 188 cm³/mol. The second-order valence-electron chi connectivity index (χ2n) is 12.9. The third-order valence-corrected chi connectivity index (χ3v) is 9.39. The topological polar surface area (TPSA) is 114 Å². The predicted octanol–water partition coefficient (Wildman–Crippen LogP) is 7.48. The Balaban J connectivity index is 1.57. The van der Waals surface area contributed by atoms with E-state index in [0.717, 1.165) is 27.8 Å². The van der Waals surface area contributed by atoms with Crippen molar-refractivity contribution in [3.63, 3.8) is 0 Å². The van der Waals surface area contributed by atoms with Crippen molar-refractivity contribution in [2.45, 2.75) is 59.2 Å². The van der Waals surface area contributed by atoms with E-state index in [1.807, 2.05) is 70.2 Å². The summed E-state index contributed by atoms with van der Waals surface area (Å²) in [6.45, 7) is 9.32. The molecule has 4 unspecified atom stereocenters. The van der Waals surface area contributed by atoms with Crippen molar-refractivity contribution in [3.8, 4) is 11.5 Å². The summed E-state index contributed by atoms with van der Waals surface area (Å²) in [5, 5.41) is 18.3. The molecule has 1 aliphatic carbocycles. The number of rotatable bonds is 9. The van der Waals surface area contributed by atoms with Crippen LogP contribution in [0.2, 0.25) is 5.02 Å². The number of ketones is 1. The molecule has 2 amide bonds. The minimum Gasteiger partial charge on any atom is -0.493 e. The van der Waals surface area contributed by atoms with Crippen LogP contribution in [-0.2, 0) is 21.0 Å². The molecule has 1 aliphatic rings. The molecule has 4 aromatic carbocycles. The minimum absolute atomic E-state index is 0.174. The van der Waals surface area contributed by atoms with E-state index in [9.17, 15) is 19.5 Å². The first-order chi connectivity index (χ1) is 22.8. The fraction of sp³-hybridized carbons (Fsp3) is 0.308. The maximum atomic E-state index is 14.3. The van der Waals surface area contributed by atoms with Crippen LogP contribution >= 0.6 is 11.6 Å². The molecule has 0 spiro atoms. The number of aliphatic hydroxyl groups is 1. The molecule has 1 saturated carbocycles. The quantitative estimate of drug-likeness (QED) is 0.159. The molecular weight excluding hydrogens is 628 g/mol. The number of halogens is 1. The van der Waals surface area contributed by atoms with Crippen LogP contribution in [0.3, 0.4) is 0 Å². The van der Waals surface area contributed by atoms with Crippen molar-refractivity contribution >= 4 is 40.6 Å². The van der Waals surface area contributed by atoms with Crippen LogP contribution in [0, 0.1) is 39.5 Å². The maximum absolute atomic E-state index is 14.3. The summed E-state index contributed by atoms with van der Waals surface area (Å²) in [5.41, 5.74) is 4.36. The molecule has 0 aliphatic heterocycles. The summed E-state index contributed by atoms with van der Waals surface area (Å²) in [7, 11) is 1.48. The average Bonchev–Trinajstić information content (AvgIpc) is 3.02. The Kier molecular flexibility index (Phi) is 10.3. The van der Waals surface area contributed by atoms with Gasteiger partial charge in [-0.25, -0.2) is 0 Å². The van der Waals surface area contributed by atoms with E-state index in [0.29, 0.717) is 33.5 Å².